The van der Waals surface area contributed by atoms with E-state index in [1.165, 1.54) is 5.56 Å². The van der Waals surface area contributed by atoms with Gasteiger partial charge in [0, 0.05) is 6.04 Å². The zero-order chi connectivity index (χ0) is 12.5. The smallest absolute Gasteiger partial charge is 0.119 e. The van der Waals surface area contributed by atoms with Gasteiger partial charge in [-0.2, -0.15) is 0 Å². The lowest BCUT2D eigenvalue weighted by Crippen LogP contribution is -2.21. The first kappa shape index (κ1) is 13.8. The number of hydrogen-bond acceptors (Lipinski definition) is 2. The lowest BCUT2D eigenvalue weighted by Gasteiger charge is -2.10. The minimum absolute atomic E-state index is 0.242. The van der Waals surface area contributed by atoms with E-state index in [2.05, 4.69) is 25.6 Å². The summed E-state index contributed by atoms with van der Waals surface area (Å²) in [4.78, 5) is 0. The minimum atomic E-state index is 0.242. The molecule has 0 spiro atoms. The highest BCUT2D eigenvalue weighted by molar-refractivity contribution is 5.29. The fourth-order valence-corrected chi connectivity index (χ4v) is 1.63. The largest absolute Gasteiger partial charge is 0.494 e. The molecule has 0 amide bonds. The van der Waals surface area contributed by atoms with Crippen LogP contribution < -0.4 is 10.5 Å². The molecule has 0 aliphatic heterocycles. The van der Waals surface area contributed by atoms with Crippen LogP contribution in [0.1, 0.15) is 31.7 Å². The van der Waals surface area contributed by atoms with Crippen LogP contribution in [0.3, 0.4) is 0 Å². The van der Waals surface area contributed by atoms with Crippen molar-refractivity contribution in [2.75, 3.05) is 6.61 Å². The molecule has 94 valence electrons. The molecule has 1 rings (SSSR count). The molecule has 0 heterocycles. The van der Waals surface area contributed by atoms with Crippen molar-refractivity contribution in [3.05, 3.63) is 42.5 Å². The van der Waals surface area contributed by atoms with Crippen molar-refractivity contribution in [1.29, 1.82) is 0 Å². The van der Waals surface area contributed by atoms with Gasteiger partial charge in [0.25, 0.3) is 0 Å². The third kappa shape index (κ3) is 5.55. The normalized spacial score (nSPS) is 12.1. The molecule has 0 saturated heterocycles. The number of benzene rings is 1. The second-order valence-corrected chi connectivity index (χ2v) is 4.30. The molecule has 2 heteroatoms. The molecule has 0 aliphatic rings. The first-order valence-electron chi connectivity index (χ1n) is 6.34. The quantitative estimate of drug-likeness (QED) is 0.552. The Morgan fingerprint density at radius 2 is 2.29 bits per heavy atom. The van der Waals surface area contributed by atoms with Crippen LogP contribution in [0.25, 0.3) is 0 Å². The number of allylic oxidation sites excluding steroid dienone is 1. The van der Waals surface area contributed by atoms with E-state index in [1.807, 2.05) is 18.2 Å². The molecule has 0 saturated carbocycles. The SMILES string of the molecule is C=CCCCOc1cccc(CC(N)CC)c1. The zero-order valence-corrected chi connectivity index (χ0v) is 10.7. The molecule has 1 aromatic rings. The first-order chi connectivity index (χ1) is 8.26. The molecule has 0 bridgehead atoms. The molecule has 1 aromatic carbocycles. The van der Waals surface area contributed by atoms with Gasteiger partial charge in [-0.15, -0.1) is 6.58 Å². The maximum atomic E-state index is 5.94. The Labute approximate surface area is 104 Å². The predicted octanol–water partition coefficient (Wildman–Crippen LogP) is 3.31. The fraction of sp³-hybridized carbons (Fsp3) is 0.467. The van der Waals surface area contributed by atoms with Crippen molar-refractivity contribution < 1.29 is 4.74 Å². The average molecular weight is 233 g/mol. The molecule has 1 atom stereocenters. The second kappa shape index (κ2) is 7.91. The summed E-state index contributed by atoms with van der Waals surface area (Å²) in [5.41, 5.74) is 7.19. The van der Waals surface area contributed by atoms with E-state index in [1.54, 1.807) is 0 Å². The van der Waals surface area contributed by atoms with Crippen molar-refractivity contribution in [1.82, 2.24) is 0 Å². The number of hydrogen-bond donors (Lipinski definition) is 1. The minimum Gasteiger partial charge on any atom is -0.494 e. The second-order valence-electron chi connectivity index (χ2n) is 4.30. The van der Waals surface area contributed by atoms with Gasteiger partial charge < -0.3 is 10.5 Å². The van der Waals surface area contributed by atoms with Gasteiger partial charge >= 0.3 is 0 Å². The lowest BCUT2D eigenvalue weighted by molar-refractivity contribution is 0.312. The Kier molecular flexibility index (Phi) is 6.41. The lowest BCUT2D eigenvalue weighted by atomic mass is 10.0. The van der Waals surface area contributed by atoms with Gasteiger partial charge in [0.05, 0.1) is 6.61 Å². The van der Waals surface area contributed by atoms with E-state index in [9.17, 15) is 0 Å². The summed E-state index contributed by atoms with van der Waals surface area (Å²) in [6, 6.07) is 8.45. The van der Waals surface area contributed by atoms with Gasteiger partial charge in [-0.3, -0.25) is 0 Å². The summed E-state index contributed by atoms with van der Waals surface area (Å²) in [5.74, 6) is 0.940. The van der Waals surface area contributed by atoms with Crippen molar-refractivity contribution >= 4 is 0 Å². The molecular weight excluding hydrogens is 210 g/mol. The molecule has 2 nitrogen and oxygen atoms in total. The van der Waals surface area contributed by atoms with Crippen LogP contribution in [0.2, 0.25) is 0 Å². The summed E-state index contributed by atoms with van der Waals surface area (Å²) in [5, 5.41) is 0. The molecule has 0 aliphatic carbocycles. The topological polar surface area (TPSA) is 35.2 Å². The Morgan fingerprint density at radius 1 is 1.47 bits per heavy atom. The summed E-state index contributed by atoms with van der Waals surface area (Å²) in [6.07, 6.45) is 5.85. The van der Waals surface area contributed by atoms with E-state index in [0.29, 0.717) is 0 Å². The molecule has 1 unspecified atom stereocenters. The van der Waals surface area contributed by atoms with Gasteiger partial charge in [0.1, 0.15) is 5.75 Å². The summed E-state index contributed by atoms with van der Waals surface area (Å²) < 4.78 is 5.68. The molecule has 17 heavy (non-hydrogen) atoms. The maximum absolute atomic E-state index is 5.94. The van der Waals surface area contributed by atoms with E-state index < -0.39 is 0 Å². The Balaban J connectivity index is 2.44. The van der Waals surface area contributed by atoms with Gasteiger partial charge in [-0.05, 0) is 43.4 Å². The summed E-state index contributed by atoms with van der Waals surface area (Å²) in [6.45, 7) is 6.55. The Hall–Kier alpha value is -1.28. The fourth-order valence-electron chi connectivity index (χ4n) is 1.63. The maximum Gasteiger partial charge on any atom is 0.119 e. The van der Waals surface area contributed by atoms with Crippen LogP contribution in [-0.2, 0) is 6.42 Å². The molecular formula is C15H23NO. The molecule has 0 radical (unpaired) electrons. The third-order valence-electron chi connectivity index (χ3n) is 2.74. The van der Waals surface area contributed by atoms with Crippen LogP contribution in [0, 0.1) is 0 Å². The van der Waals surface area contributed by atoms with Crippen LogP contribution >= 0.6 is 0 Å². The highest BCUT2D eigenvalue weighted by atomic mass is 16.5. The summed E-state index contributed by atoms with van der Waals surface area (Å²) >= 11 is 0. The first-order valence-corrected chi connectivity index (χ1v) is 6.34. The van der Waals surface area contributed by atoms with E-state index in [4.69, 9.17) is 10.5 Å². The molecule has 2 N–H and O–H groups in total. The van der Waals surface area contributed by atoms with Crippen LogP contribution in [0.4, 0.5) is 0 Å². The number of nitrogens with two attached hydrogens (primary N) is 1. The standard InChI is InChI=1S/C15H23NO/c1-3-5-6-10-17-15-9-7-8-13(12-15)11-14(16)4-2/h3,7-9,12,14H,1,4-6,10-11,16H2,2H3. The Bertz CT molecular complexity index is 335. The average Bonchev–Trinajstić information content (AvgIpc) is 2.35. The Morgan fingerprint density at radius 3 is 3.00 bits per heavy atom. The van der Waals surface area contributed by atoms with Gasteiger partial charge in [-0.25, -0.2) is 0 Å². The number of ether oxygens (including phenoxy) is 1. The van der Waals surface area contributed by atoms with E-state index in [-0.39, 0.29) is 6.04 Å². The van der Waals surface area contributed by atoms with Crippen LogP contribution in [0.5, 0.6) is 5.75 Å². The van der Waals surface area contributed by atoms with Crippen molar-refractivity contribution in [3.8, 4) is 5.75 Å². The van der Waals surface area contributed by atoms with Crippen LogP contribution in [0.15, 0.2) is 36.9 Å². The van der Waals surface area contributed by atoms with E-state index in [0.717, 1.165) is 38.0 Å². The molecule has 0 aromatic heterocycles. The predicted molar refractivity (Wildman–Crippen MR) is 73.3 cm³/mol. The third-order valence-corrected chi connectivity index (χ3v) is 2.74. The van der Waals surface area contributed by atoms with Crippen LogP contribution in [-0.4, -0.2) is 12.6 Å². The highest BCUT2D eigenvalue weighted by Gasteiger charge is 2.02. The zero-order valence-electron chi connectivity index (χ0n) is 10.7. The van der Waals surface area contributed by atoms with Gasteiger partial charge in [0.2, 0.25) is 0 Å². The number of unbranched alkanes of at least 4 members (excludes halogenated alkanes) is 1. The molecule has 0 fully saturated rings. The monoisotopic (exact) mass is 233 g/mol. The van der Waals surface area contributed by atoms with Crippen molar-refractivity contribution in [3.63, 3.8) is 0 Å². The summed E-state index contributed by atoms with van der Waals surface area (Å²) in [7, 11) is 0. The highest BCUT2D eigenvalue weighted by Crippen LogP contribution is 2.15. The van der Waals surface area contributed by atoms with Crippen molar-refractivity contribution in [2.24, 2.45) is 5.73 Å². The van der Waals surface area contributed by atoms with Crippen molar-refractivity contribution in [2.45, 2.75) is 38.6 Å². The van der Waals surface area contributed by atoms with Gasteiger partial charge in [0.15, 0.2) is 0 Å². The van der Waals surface area contributed by atoms with E-state index >= 15 is 0 Å². The number of rotatable bonds is 8. The van der Waals surface area contributed by atoms with Gasteiger partial charge in [-0.1, -0.05) is 25.1 Å².